The van der Waals surface area contributed by atoms with Crippen LogP contribution in [0.15, 0.2) is 53.4 Å². The van der Waals surface area contributed by atoms with E-state index in [1.165, 1.54) is 12.6 Å². The number of furan rings is 1. The zero-order valence-corrected chi connectivity index (χ0v) is 14.9. The highest BCUT2D eigenvalue weighted by atomic mass is 35.5. The normalized spacial score (nSPS) is 11.4. The van der Waals surface area contributed by atoms with Crippen LogP contribution in [-0.4, -0.2) is 18.4 Å². The number of rotatable bonds is 6. The van der Waals surface area contributed by atoms with Gasteiger partial charge in [-0.3, -0.25) is 4.72 Å². The highest BCUT2D eigenvalue weighted by Gasteiger charge is 2.18. The summed E-state index contributed by atoms with van der Waals surface area (Å²) >= 11 is 12.0. The first-order valence-corrected chi connectivity index (χ1v) is 9.25. The molecule has 0 aliphatic rings. The monoisotopic (exact) mass is 398 g/mol. The van der Waals surface area contributed by atoms with Crippen LogP contribution in [0.3, 0.4) is 0 Å². The fraction of sp³-hybridized carbons (Fsp3) is 0.0667. The van der Waals surface area contributed by atoms with Crippen LogP contribution in [0.2, 0.25) is 10.2 Å². The molecule has 3 aromatic rings. The van der Waals surface area contributed by atoms with Crippen molar-refractivity contribution >= 4 is 39.2 Å². The molecule has 0 spiro atoms. The maximum atomic E-state index is 12.3. The Balaban J connectivity index is 1.87. The molecule has 0 atom stereocenters. The van der Waals surface area contributed by atoms with Gasteiger partial charge < -0.3 is 4.42 Å². The molecule has 10 heteroatoms. The van der Waals surface area contributed by atoms with Crippen molar-refractivity contribution in [1.82, 2.24) is 14.7 Å². The predicted octanol–water partition coefficient (Wildman–Crippen LogP) is 3.49. The molecule has 25 heavy (non-hydrogen) atoms. The quantitative estimate of drug-likeness (QED) is 0.619. The van der Waals surface area contributed by atoms with Gasteiger partial charge in [0.05, 0.1) is 18.4 Å². The zero-order valence-electron chi connectivity index (χ0n) is 12.6. The van der Waals surface area contributed by atoms with Gasteiger partial charge in [0.25, 0.3) is 0 Å². The molecule has 2 N–H and O–H groups in total. The summed E-state index contributed by atoms with van der Waals surface area (Å²) in [5.41, 5.74) is 0.975. The summed E-state index contributed by atoms with van der Waals surface area (Å²) in [5.74, 6) is 0.526. The lowest BCUT2D eigenvalue weighted by Crippen LogP contribution is -2.30. The summed E-state index contributed by atoms with van der Waals surface area (Å²) in [4.78, 5) is 7.89. The van der Waals surface area contributed by atoms with Crippen molar-refractivity contribution in [2.45, 2.75) is 6.54 Å². The smallest absolute Gasteiger partial charge is 0.300 e. The summed E-state index contributed by atoms with van der Waals surface area (Å²) in [6, 6.07) is 10.0. The van der Waals surface area contributed by atoms with Crippen LogP contribution >= 0.6 is 23.2 Å². The number of halogens is 2. The second-order valence-corrected chi connectivity index (χ2v) is 7.20. The number of hydrogen-bond acceptors (Lipinski definition) is 5. The van der Waals surface area contributed by atoms with Crippen molar-refractivity contribution in [2.24, 2.45) is 0 Å². The second kappa shape index (κ2) is 7.40. The molecule has 0 aliphatic carbocycles. The number of hydrogen-bond donors (Lipinski definition) is 2. The molecule has 0 amide bonds. The minimum atomic E-state index is -3.90. The molecule has 7 nitrogen and oxygen atoms in total. The number of anilines is 1. The van der Waals surface area contributed by atoms with E-state index >= 15 is 0 Å². The first-order chi connectivity index (χ1) is 11.9. The second-order valence-electron chi connectivity index (χ2n) is 4.90. The lowest BCUT2D eigenvalue weighted by atomic mass is 10.1. The molecule has 0 radical (unpaired) electrons. The SMILES string of the molecule is O=S(=O)(NCc1ccco1)Nc1ncnc(Cl)c1-c1ccc(Cl)cc1. The highest BCUT2D eigenvalue weighted by Crippen LogP contribution is 2.32. The first kappa shape index (κ1) is 17.7. The molecular weight excluding hydrogens is 387 g/mol. The Morgan fingerprint density at radius 2 is 1.84 bits per heavy atom. The number of nitrogens with zero attached hydrogens (tertiary/aromatic N) is 2. The van der Waals surface area contributed by atoms with Crippen molar-refractivity contribution in [2.75, 3.05) is 4.72 Å². The van der Waals surface area contributed by atoms with E-state index < -0.39 is 10.2 Å². The van der Waals surface area contributed by atoms with Crippen LogP contribution in [0.4, 0.5) is 5.82 Å². The van der Waals surface area contributed by atoms with E-state index in [1.54, 1.807) is 36.4 Å². The molecular formula is C15H12Cl2N4O3S. The van der Waals surface area contributed by atoms with Gasteiger partial charge in [-0.25, -0.2) is 9.97 Å². The summed E-state index contributed by atoms with van der Waals surface area (Å²) < 4.78 is 34.3. The standard InChI is InChI=1S/C15H12Cl2N4O3S/c16-11-5-3-10(4-6-11)13-14(17)18-9-19-15(13)21-25(22,23)20-8-12-2-1-7-24-12/h1-7,9,20H,8H2,(H,18,19,21). The maximum Gasteiger partial charge on any atom is 0.300 e. The fourth-order valence-corrected chi connectivity index (χ4v) is 3.24. The van der Waals surface area contributed by atoms with Gasteiger partial charge in [0.1, 0.15) is 17.2 Å². The third-order valence-corrected chi connectivity index (χ3v) is 4.71. The van der Waals surface area contributed by atoms with E-state index in [-0.39, 0.29) is 17.5 Å². The van der Waals surface area contributed by atoms with Gasteiger partial charge in [0.2, 0.25) is 0 Å². The third-order valence-electron chi connectivity index (χ3n) is 3.18. The molecule has 2 heterocycles. The van der Waals surface area contributed by atoms with Crippen molar-refractivity contribution in [3.63, 3.8) is 0 Å². The minimum Gasteiger partial charge on any atom is -0.468 e. The average molecular weight is 399 g/mol. The van der Waals surface area contributed by atoms with Crippen LogP contribution < -0.4 is 9.44 Å². The average Bonchev–Trinajstić information content (AvgIpc) is 3.08. The summed E-state index contributed by atoms with van der Waals surface area (Å²) in [5, 5.41) is 0.653. The number of nitrogens with one attached hydrogen (secondary N) is 2. The van der Waals surface area contributed by atoms with Crippen LogP contribution in [0.5, 0.6) is 0 Å². The Kier molecular flexibility index (Phi) is 5.24. The van der Waals surface area contributed by atoms with Crippen molar-refractivity contribution in [1.29, 1.82) is 0 Å². The highest BCUT2D eigenvalue weighted by molar-refractivity contribution is 7.90. The van der Waals surface area contributed by atoms with Gasteiger partial charge >= 0.3 is 10.2 Å². The molecule has 2 aromatic heterocycles. The van der Waals surface area contributed by atoms with E-state index in [4.69, 9.17) is 27.6 Å². The molecule has 0 fully saturated rings. The summed E-state index contributed by atoms with van der Waals surface area (Å²) in [6.45, 7) is -0.00255. The van der Waals surface area contributed by atoms with Gasteiger partial charge in [-0.15, -0.1) is 0 Å². The molecule has 1 aromatic carbocycles. The third kappa shape index (κ3) is 4.49. The van der Waals surface area contributed by atoms with Gasteiger partial charge in [-0.2, -0.15) is 13.1 Å². The van der Waals surface area contributed by atoms with Crippen molar-refractivity contribution in [3.05, 3.63) is 64.9 Å². The van der Waals surface area contributed by atoms with Crippen LogP contribution in [-0.2, 0) is 16.8 Å². The van der Waals surface area contributed by atoms with Gasteiger partial charge in [-0.1, -0.05) is 35.3 Å². The number of aromatic nitrogens is 2. The summed E-state index contributed by atoms with van der Waals surface area (Å²) in [7, 11) is -3.90. The number of benzene rings is 1. The fourth-order valence-electron chi connectivity index (χ4n) is 2.06. The van der Waals surface area contributed by atoms with Crippen LogP contribution in [0.1, 0.15) is 5.76 Å². The molecule has 0 aliphatic heterocycles. The van der Waals surface area contributed by atoms with Crippen molar-refractivity contribution < 1.29 is 12.8 Å². The molecule has 3 rings (SSSR count). The van der Waals surface area contributed by atoms with E-state index in [1.807, 2.05) is 0 Å². The Morgan fingerprint density at radius 1 is 1.08 bits per heavy atom. The Bertz CT molecular complexity index is 961. The summed E-state index contributed by atoms with van der Waals surface area (Å²) in [6.07, 6.45) is 2.63. The minimum absolute atomic E-state index is 0.00255. The van der Waals surface area contributed by atoms with Crippen molar-refractivity contribution in [3.8, 4) is 11.1 Å². The topological polar surface area (TPSA) is 97.1 Å². The zero-order chi connectivity index (χ0) is 17.9. The lowest BCUT2D eigenvalue weighted by Gasteiger charge is -2.13. The molecule has 0 bridgehead atoms. The lowest BCUT2D eigenvalue weighted by molar-refractivity contribution is 0.499. The van der Waals surface area contributed by atoms with E-state index in [2.05, 4.69) is 19.4 Å². The van der Waals surface area contributed by atoms with E-state index in [0.29, 0.717) is 21.9 Å². The Morgan fingerprint density at radius 3 is 2.52 bits per heavy atom. The maximum absolute atomic E-state index is 12.3. The largest absolute Gasteiger partial charge is 0.468 e. The van der Waals surface area contributed by atoms with Gasteiger partial charge in [-0.05, 0) is 29.8 Å². The van der Waals surface area contributed by atoms with E-state index in [9.17, 15) is 8.42 Å². The Hall–Kier alpha value is -2.13. The molecule has 0 saturated heterocycles. The molecule has 0 saturated carbocycles. The van der Waals surface area contributed by atoms with Crippen LogP contribution in [0.25, 0.3) is 11.1 Å². The van der Waals surface area contributed by atoms with Gasteiger partial charge in [0, 0.05) is 5.02 Å². The first-order valence-electron chi connectivity index (χ1n) is 7.01. The van der Waals surface area contributed by atoms with Gasteiger partial charge in [0.15, 0.2) is 5.82 Å². The predicted molar refractivity (Wildman–Crippen MR) is 95.6 cm³/mol. The van der Waals surface area contributed by atoms with Crippen LogP contribution in [0, 0.1) is 0 Å². The molecule has 130 valence electrons. The Labute approximate surface area is 154 Å². The molecule has 0 unspecified atom stereocenters. The van der Waals surface area contributed by atoms with E-state index in [0.717, 1.165) is 0 Å².